The first-order valence-corrected chi connectivity index (χ1v) is 9.63. The third-order valence-corrected chi connectivity index (χ3v) is 5.25. The molecule has 3 aromatic carbocycles. The second-order valence-electron chi connectivity index (χ2n) is 6.96. The maximum atomic E-state index is 11.2. The van der Waals surface area contributed by atoms with E-state index in [9.17, 15) is 9.90 Å². The molecule has 4 rings (SSSR count). The van der Waals surface area contributed by atoms with E-state index in [0.29, 0.717) is 6.42 Å². The zero-order valence-corrected chi connectivity index (χ0v) is 16.0. The minimum Gasteiger partial charge on any atom is -0.481 e. The zero-order valence-electron chi connectivity index (χ0n) is 16.0. The number of nitrogens with zero attached hydrogens (tertiary/aromatic N) is 2. The molecule has 0 unspecified atom stereocenters. The average molecular weight is 382 g/mol. The molecule has 0 atom stereocenters. The first kappa shape index (κ1) is 18.7. The van der Waals surface area contributed by atoms with Gasteiger partial charge >= 0.3 is 5.97 Å². The summed E-state index contributed by atoms with van der Waals surface area (Å²) >= 11 is 0. The van der Waals surface area contributed by atoms with Gasteiger partial charge < -0.3 is 9.67 Å². The number of benzene rings is 3. The van der Waals surface area contributed by atoms with Gasteiger partial charge in [-0.05, 0) is 23.1 Å². The smallest absolute Gasteiger partial charge is 0.303 e. The van der Waals surface area contributed by atoms with Crippen LogP contribution in [0.4, 0.5) is 0 Å². The van der Waals surface area contributed by atoms with Gasteiger partial charge in [0.2, 0.25) is 0 Å². The van der Waals surface area contributed by atoms with Crippen LogP contribution in [0.15, 0.2) is 104 Å². The number of aromatic nitrogens is 2. The van der Waals surface area contributed by atoms with Gasteiger partial charge in [-0.15, -0.1) is 0 Å². The predicted molar refractivity (Wildman–Crippen MR) is 113 cm³/mol. The molecule has 0 bridgehead atoms. The Kier molecular flexibility index (Phi) is 5.25. The van der Waals surface area contributed by atoms with Crippen LogP contribution in [0.25, 0.3) is 0 Å². The van der Waals surface area contributed by atoms with Gasteiger partial charge in [-0.25, -0.2) is 4.98 Å². The molecule has 4 aromatic rings. The summed E-state index contributed by atoms with van der Waals surface area (Å²) < 4.78 is 2.12. The number of imidazole rings is 1. The van der Waals surface area contributed by atoms with Crippen molar-refractivity contribution < 1.29 is 9.90 Å². The predicted octanol–water partition coefficient (Wildman–Crippen LogP) is 4.74. The van der Waals surface area contributed by atoms with E-state index in [0.717, 1.165) is 22.4 Å². The van der Waals surface area contributed by atoms with Crippen LogP contribution in [0, 0.1) is 0 Å². The van der Waals surface area contributed by atoms with Crippen molar-refractivity contribution in [2.45, 2.75) is 18.4 Å². The van der Waals surface area contributed by atoms with Gasteiger partial charge in [0.1, 0.15) is 5.54 Å². The molecule has 0 fully saturated rings. The fourth-order valence-electron chi connectivity index (χ4n) is 4.00. The first-order chi connectivity index (χ1) is 14.2. The Bertz CT molecular complexity index is 977. The molecule has 4 nitrogen and oxygen atoms in total. The number of carbonyl (C=O) groups is 1. The van der Waals surface area contributed by atoms with E-state index >= 15 is 0 Å². The quantitative estimate of drug-likeness (QED) is 0.470. The second-order valence-corrected chi connectivity index (χ2v) is 6.96. The Morgan fingerprint density at radius 2 is 1.24 bits per heavy atom. The van der Waals surface area contributed by atoms with Crippen molar-refractivity contribution in [1.82, 2.24) is 9.55 Å². The molecule has 144 valence electrons. The Morgan fingerprint density at radius 3 is 1.66 bits per heavy atom. The van der Waals surface area contributed by atoms with E-state index < -0.39 is 11.5 Å². The number of aryl methyl sites for hydroxylation is 1. The number of hydrogen-bond acceptors (Lipinski definition) is 2. The number of carboxylic acids is 1. The van der Waals surface area contributed by atoms with Crippen LogP contribution >= 0.6 is 0 Å². The highest BCUT2D eigenvalue weighted by molar-refractivity contribution is 5.67. The largest absolute Gasteiger partial charge is 0.481 e. The molecular formula is C25H22N2O2. The molecule has 0 saturated carbocycles. The Balaban J connectivity index is 2.05. The van der Waals surface area contributed by atoms with E-state index in [4.69, 9.17) is 0 Å². The van der Waals surface area contributed by atoms with Crippen molar-refractivity contribution in [2.75, 3.05) is 0 Å². The van der Waals surface area contributed by atoms with Gasteiger partial charge in [-0.3, -0.25) is 4.79 Å². The summed E-state index contributed by atoms with van der Waals surface area (Å²) in [7, 11) is 0. The third-order valence-electron chi connectivity index (χ3n) is 5.25. The van der Waals surface area contributed by atoms with Crippen molar-refractivity contribution in [3.8, 4) is 0 Å². The summed E-state index contributed by atoms with van der Waals surface area (Å²) in [6, 6.07) is 30.9. The lowest BCUT2D eigenvalue weighted by molar-refractivity contribution is -0.137. The van der Waals surface area contributed by atoms with Gasteiger partial charge in [-0.2, -0.15) is 0 Å². The summed E-state index contributed by atoms with van der Waals surface area (Å²) in [6.07, 6.45) is 4.04. The number of aliphatic carboxylic acids is 1. The fourth-order valence-corrected chi connectivity index (χ4v) is 4.00. The number of hydrogen-bond donors (Lipinski definition) is 1. The minimum atomic E-state index is -0.817. The van der Waals surface area contributed by atoms with E-state index in [1.165, 1.54) is 0 Å². The molecule has 0 radical (unpaired) electrons. The normalized spacial score (nSPS) is 11.3. The van der Waals surface area contributed by atoms with Crippen LogP contribution in [0.5, 0.6) is 0 Å². The zero-order chi connectivity index (χ0) is 20.1. The lowest BCUT2D eigenvalue weighted by Gasteiger charge is -2.38. The highest BCUT2D eigenvalue weighted by Crippen LogP contribution is 2.41. The minimum absolute atomic E-state index is 0.0557. The summed E-state index contributed by atoms with van der Waals surface area (Å²) in [6.45, 7) is 0. The molecule has 0 spiro atoms. The lowest BCUT2D eigenvalue weighted by Crippen LogP contribution is -2.38. The van der Waals surface area contributed by atoms with E-state index in [-0.39, 0.29) is 6.42 Å². The fraction of sp³-hybridized carbons (Fsp3) is 0.120. The van der Waals surface area contributed by atoms with Crippen LogP contribution in [-0.2, 0) is 16.8 Å². The summed E-state index contributed by atoms with van der Waals surface area (Å²) in [5, 5.41) is 9.23. The topological polar surface area (TPSA) is 55.1 Å². The monoisotopic (exact) mass is 382 g/mol. The number of carboxylic acid groups (broad SMARTS) is 1. The van der Waals surface area contributed by atoms with Gasteiger partial charge in [0.15, 0.2) is 0 Å². The van der Waals surface area contributed by atoms with Crippen molar-refractivity contribution in [1.29, 1.82) is 0 Å². The number of rotatable bonds is 7. The third kappa shape index (κ3) is 3.45. The summed E-state index contributed by atoms with van der Waals surface area (Å²) in [5.74, 6) is -0.817. The highest BCUT2D eigenvalue weighted by Gasteiger charge is 2.39. The molecule has 29 heavy (non-hydrogen) atoms. The lowest BCUT2D eigenvalue weighted by atomic mass is 9.76. The van der Waals surface area contributed by atoms with E-state index in [2.05, 4.69) is 45.9 Å². The van der Waals surface area contributed by atoms with Crippen LogP contribution in [-0.4, -0.2) is 20.6 Å². The molecule has 1 heterocycles. The molecule has 1 N–H and O–H groups in total. The molecule has 0 aliphatic carbocycles. The molecule has 1 aromatic heterocycles. The SMILES string of the molecule is O=C(O)CCc1cncn1C(c1ccccc1)(c1ccccc1)c1ccccc1. The van der Waals surface area contributed by atoms with Gasteiger partial charge in [0.05, 0.1) is 12.7 Å². The summed E-state index contributed by atoms with van der Waals surface area (Å²) in [4.78, 5) is 15.6. The highest BCUT2D eigenvalue weighted by atomic mass is 16.4. The van der Waals surface area contributed by atoms with Crippen LogP contribution in [0.2, 0.25) is 0 Å². The van der Waals surface area contributed by atoms with Crippen LogP contribution in [0.1, 0.15) is 28.8 Å². The molecule has 0 aliphatic rings. The Labute approximate surface area is 170 Å². The van der Waals surface area contributed by atoms with E-state index in [1.54, 1.807) is 6.20 Å². The molecule has 0 saturated heterocycles. The second kappa shape index (κ2) is 8.15. The molecule has 0 amide bonds. The van der Waals surface area contributed by atoms with Gasteiger partial charge in [0.25, 0.3) is 0 Å². The van der Waals surface area contributed by atoms with E-state index in [1.807, 2.05) is 60.9 Å². The maximum Gasteiger partial charge on any atom is 0.303 e. The van der Waals surface area contributed by atoms with Gasteiger partial charge in [-0.1, -0.05) is 91.0 Å². The molecule has 0 aliphatic heterocycles. The van der Waals surface area contributed by atoms with Crippen molar-refractivity contribution >= 4 is 5.97 Å². The molecular weight excluding hydrogens is 360 g/mol. The Morgan fingerprint density at radius 1 is 0.793 bits per heavy atom. The maximum absolute atomic E-state index is 11.2. The van der Waals surface area contributed by atoms with Crippen LogP contribution in [0.3, 0.4) is 0 Å². The molecule has 4 heteroatoms. The van der Waals surface area contributed by atoms with Crippen LogP contribution < -0.4 is 0 Å². The standard InChI is InChI=1S/C25H22N2O2/c28-24(29)17-16-23-18-26-19-27(23)25(20-10-4-1-5-11-20,21-12-6-2-7-13-21)22-14-8-3-9-15-22/h1-15,18-19H,16-17H2,(H,28,29). The average Bonchev–Trinajstić information content (AvgIpc) is 3.24. The van der Waals surface area contributed by atoms with Crippen molar-refractivity contribution in [3.05, 3.63) is 126 Å². The van der Waals surface area contributed by atoms with Crippen molar-refractivity contribution in [2.24, 2.45) is 0 Å². The van der Waals surface area contributed by atoms with Gasteiger partial charge in [0, 0.05) is 11.9 Å². The Hall–Kier alpha value is -3.66. The summed E-state index contributed by atoms with van der Waals surface area (Å²) in [5.41, 5.74) is 3.49. The first-order valence-electron chi connectivity index (χ1n) is 9.63. The van der Waals surface area contributed by atoms with Crippen molar-refractivity contribution in [3.63, 3.8) is 0 Å².